The predicted octanol–water partition coefficient (Wildman–Crippen LogP) is 3.31. The molecule has 0 radical (unpaired) electrons. The lowest BCUT2D eigenvalue weighted by Crippen LogP contribution is -2.41. The third kappa shape index (κ3) is 3.96. The molecule has 2 aromatic heterocycles. The van der Waals surface area contributed by atoms with Gasteiger partial charge in [-0.1, -0.05) is 11.6 Å². The number of hydrogen-bond acceptors (Lipinski definition) is 5. The van der Waals surface area contributed by atoms with Crippen molar-refractivity contribution in [3.05, 3.63) is 59.6 Å². The zero-order valence-electron chi connectivity index (χ0n) is 14.9. The quantitative estimate of drug-likeness (QED) is 0.727. The van der Waals surface area contributed by atoms with E-state index in [0.717, 1.165) is 25.2 Å². The van der Waals surface area contributed by atoms with E-state index in [1.807, 2.05) is 23.1 Å². The van der Waals surface area contributed by atoms with Crippen LogP contribution in [0.3, 0.4) is 0 Å². The number of anilines is 2. The second-order valence-corrected chi connectivity index (χ2v) is 7.01. The van der Waals surface area contributed by atoms with Gasteiger partial charge in [0.1, 0.15) is 5.82 Å². The molecule has 1 N–H and O–H groups in total. The highest BCUT2D eigenvalue weighted by atomic mass is 35.5. The van der Waals surface area contributed by atoms with Crippen molar-refractivity contribution in [2.75, 3.05) is 23.3 Å². The maximum Gasteiger partial charge on any atom is 0.229 e. The number of nitrogens with one attached hydrogen (secondary N) is 1. The maximum absolute atomic E-state index is 13.3. The molecular weight excluding hydrogens is 383 g/mol. The Morgan fingerprint density at radius 1 is 1.21 bits per heavy atom. The van der Waals surface area contributed by atoms with Crippen molar-refractivity contribution < 1.29 is 9.18 Å². The standard InChI is InChI=1S/C19H18ClFN6O/c20-15-11-14(4-5-16(15)21)23-19(28)13-3-1-9-26(12-13)17-6-7-18(25-24-17)27-10-2-8-22-27/h2,4-8,10-11,13H,1,3,9,12H2,(H,23,28). The fourth-order valence-corrected chi connectivity index (χ4v) is 3.41. The molecule has 1 amide bonds. The zero-order chi connectivity index (χ0) is 19.5. The van der Waals surface area contributed by atoms with Gasteiger partial charge in [-0.05, 0) is 49.2 Å². The molecule has 144 valence electrons. The van der Waals surface area contributed by atoms with Crippen molar-refractivity contribution in [3.8, 4) is 5.82 Å². The van der Waals surface area contributed by atoms with Crippen LogP contribution in [0, 0.1) is 11.7 Å². The average molecular weight is 401 g/mol. The largest absolute Gasteiger partial charge is 0.354 e. The van der Waals surface area contributed by atoms with Gasteiger partial charge < -0.3 is 10.2 Å². The summed E-state index contributed by atoms with van der Waals surface area (Å²) in [4.78, 5) is 14.7. The van der Waals surface area contributed by atoms with Crippen molar-refractivity contribution in [2.24, 2.45) is 5.92 Å². The average Bonchev–Trinajstić information content (AvgIpc) is 3.26. The lowest BCUT2D eigenvalue weighted by molar-refractivity contribution is -0.120. The highest BCUT2D eigenvalue weighted by Crippen LogP contribution is 2.24. The number of hydrogen-bond donors (Lipinski definition) is 1. The molecule has 9 heteroatoms. The first-order valence-electron chi connectivity index (χ1n) is 8.95. The Hall–Kier alpha value is -3.00. The van der Waals surface area contributed by atoms with Crippen molar-refractivity contribution in [3.63, 3.8) is 0 Å². The summed E-state index contributed by atoms with van der Waals surface area (Å²) >= 11 is 5.78. The molecule has 28 heavy (non-hydrogen) atoms. The minimum absolute atomic E-state index is 0.0179. The summed E-state index contributed by atoms with van der Waals surface area (Å²) in [6.07, 6.45) is 5.12. The maximum atomic E-state index is 13.3. The molecule has 1 aliphatic heterocycles. The first-order chi connectivity index (χ1) is 13.6. The SMILES string of the molecule is O=C(Nc1ccc(F)c(Cl)c1)C1CCCN(c2ccc(-n3cccn3)nn2)C1. The Kier molecular flexibility index (Phi) is 5.21. The smallest absolute Gasteiger partial charge is 0.229 e. The highest BCUT2D eigenvalue weighted by Gasteiger charge is 2.27. The number of benzene rings is 1. The van der Waals surface area contributed by atoms with Gasteiger partial charge >= 0.3 is 0 Å². The van der Waals surface area contributed by atoms with Crippen LogP contribution in [0.25, 0.3) is 5.82 Å². The summed E-state index contributed by atoms with van der Waals surface area (Å²) in [5.74, 6) is 0.519. The molecule has 1 aromatic carbocycles. The van der Waals surface area contributed by atoms with Gasteiger partial charge in [0.2, 0.25) is 5.91 Å². The van der Waals surface area contributed by atoms with Crippen LogP contribution >= 0.6 is 11.6 Å². The zero-order valence-corrected chi connectivity index (χ0v) is 15.7. The van der Waals surface area contributed by atoms with Gasteiger partial charge in [0.05, 0.1) is 10.9 Å². The van der Waals surface area contributed by atoms with Crippen molar-refractivity contribution >= 4 is 29.0 Å². The Bertz CT molecular complexity index is 963. The van der Waals surface area contributed by atoms with Gasteiger partial charge in [0.15, 0.2) is 11.6 Å². The Labute approximate surface area is 166 Å². The second-order valence-electron chi connectivity index (χ2n) is 6.60. The van der Waals surface area contributed by atoms with Crippen LogP contribution in [-0.4, -0.2) is 39.0 Å². The van der Waals surface area contributed by atoms with E-state index in [9.17, 15) is 9.18 Å². The molecule has 1 unspecified atom stereocenters. The summed E-state index contributed by atoms with van der Waals surface area (Å²) in [5, 5.41) is 15.4. The van der Waals surface area contributed by atoms with Crippen molar-refractivity contribution in [2.45, 2.75) is 12.8 Å². The fraction of sp³-hybridized carbons (Fsp3) is 0.263. The summed E-state index contributed by atoms with van der Waals surface area (Å²) in [7, 11) is 0. The number of carbonyl (C=O) groups excluding carboxylic acids is 1. The first-order valence-corrected chi connectivity index (χ1v) is 9.32. The summed E-state index contributed by atoms with van der Waals surface area (Å²) in [6.45, 7) is 1.35. The predicted molar refractivity (Wildman–Crippen MR) is 104 cm³/mol. The van der Waals surface area contributed by atoms with Crippen LogP contribution in [0.1, 0.15) is 12.8 Å². The molecule has 0 aliphatic carbocycles. The Morgan fingerprint density at radius 2 is 2.04 bits per heavy atom. The monoisotopic (exact) mass is 400 g/mol. The van der Waals surface area contributed by atoms with E-state index in [4.69, 9.17) is 11.6 Å². The Morgan fingerprint density at radius 3 is 2.75 bits per heavy atom. The molecule has 3 aromatic rings. The van der Waals surface area contributed by atoms with Crippen LogP contribution in [0.15, 0.2) is 48.8 Å². The number of nitrogens with zero attached hydrogens (tertiary/aromatic N) is 5. The van der Waals surface area contributed by atoms with E-state index in [-0.39, 0.29) is 16.8 Å². The highest BCUT2D eigenvalue weighted by molar-refractivity contribution is 6.31. The van der Waals surface area contributed by atoms with Crippen molar-refractivity contribution in [1.29, 1.82) is 0 Å². The fourth-order valence-electron chi connectivity index (χ4n) is 3.23. The molecule has 1 fully saturated rings. The van der Waals surface area contributed by atoms with Crippen LogP contribution in [0.4, 0.5) is 15.9 Å². The molecule has 7 nitrogen and oxygen atoms in total. The van der Waals surface area contributed by atoms with Crippen LogP contribution < -0.4 is 10.2 Å². The van der Waals surface area contributed by atoms with E-state index in [1.54, 1.807) is 17.1 Å². The molecule has 3 heterocycles. The number of aromatic nitrogens is 4. The number of rotatable bonds is 4. The lowest BCUT2D eigenvalue weighted by atomic mass is 9.97. The number of piperidine rings is 1. The molecule has 4 rings (SSSR count). The Balaban J connectivity index is 1.42. The molecular formula is C19H18ClFN6O. The topological polar surface area (TPSA) is 75.9 Å². The first kappa shape index (κ1) is 18.4. The summed E-state index contributed by atoms with van der Waals surface area (Å²) in [6, 6.07) is 9.69. The number of amides is 1. The van der Waals surface area contributed by atoms with Gasteiger partial charge in [-0.15, -0.1) is 10.2 Å². The van der Waals surface area contributed by atoms with E-state index in [2.05, 4.69) is 20.6 Å². The third-order valence-electron chi connectivity index (χ3n) is 4.68. The van der Waals surface area contributed by atoms with Gasteiger partial charge in [-0.3, -0.25) is 4.79 Å². The summed E-state index contributed by atoms with van der Waals surface area (Å²) < 4.78 is 14.9. The molecule has 1 aliphatic rings. The summed E-state index contributed by atoms with van der Waals surface area (Å²) in [5.41, 5.74) is 0.483. The molecule has 0 spiro atoms. The van der Waals surface area contributed by atoms with Gasteiger partial charge in [0, 0.05) is 31.2 Å². The second kappa shape index (κ2) is 7.93. The normalized spacial score (nSPS) is 16.8. The van der Waals surface area contributed by atoms with Gasteiger partial charge in [-0.2, -0.15) is 5.10 Å². The van der Waals surface area contributed by atoms with E-state index in [0.29, 0.717) is 18.1 Å². The van der Waals surface area contributed by atoms with Crippen LogP contribution in [0.5, 0.6) is 0 Å². The molecule has 0 bridgehead atoms. The van der Waals surface area contributed by atoms with E-state index >= 15 is 0 Å². The lowest BCUT2D eigenvalue weighted by Gasteiger charge is -2.32. The number of halogens is 2. The number of carbonyl (C=O) groups is 1. The van der Waals surface area contributed by atoms with Crippen LogP contribution in [-0.2, 0) is 4.79 Å². The minimum atomic E-state index is -0.513. The van der Waals surface area contributed by atoms with Gasteiger partial charge in [-0.25, -0.2) is 9.07 Å². The minimum Gasteiger partial charge on any atom is -0.354 e. The van der Waals surface area contributed by atoms with E-state index < -0.39 is 5.82 Å². The molecule has 1 atom stereocenters. The van der Waals surface area contributed by atoms with Crippen molar-refractivity contribution in [1.82, 2.24) is 20.0 Å². The van der Waals surface area contributed by atoms with Gasteiger partial charge in [0.25, 0.3) is 0 Å². The molecule has 1 saturated heterocycles. The van der Waals surface area contributed by atoms with E-state index in [1.165, 1.54) is 18.2 Å². The molecule has 0 saturated carbocycles. The third-order valence-corrected chi connectivity index (χ3v) is 4.97. The van der Waals surface area contributed by atoms with Crippen LogP contribution in [0.2, 0.25) is 5.02 Å².